The van der Waals surface area contributed by atoms with Gasteiger partial charge in [0.2, 0.25) is 5.91 Å². The molecular weight excluding hydrogens is 346 g/mol. The van der Waals surface area contributed by atoms with Crippen LogP contribution in [0.5, 0.6) is 0 Å². The smallest absolute Gasteiger partial charge is 0.254 e. The van der Waals surface area contributed by atoms with Gasteiger partial charge in [-0.05, 0) is 39.7 Å². The molecule has 0 aromatic carbocycles. The van der Waals surface area contributed by atoms with Crippen LogP contribution in [-0.4, -0.2) is 36.2 Å². The molecule has 0 unspecified atom stereocenters. The summed E-state index contributed by atoms with van der Waals surface area (Å²) < 4.78 is 3.35. The van der Waals surface area contributed by atoms with Crippen LogP contribution in [0.25, 0.3) is 5.65 Å². The Morgan fingerprint density at radius 1 is 1.26 bits per heavy atom. The van der Waals surface area contributed by atoms with E-state index in [9.17, 15) is 9.59 Å². The fourth-order valence-electron chi connectivity index (χ4n) is 3.12. The highest BCUT2D eigenvalue weighted by Crippen LogP contribution is 2.19. The number of aromatic nitrogens is 5. The Bertz CT molecular complexity index is 1020. The van der Waals surface area contributed by atoms with E-state index >= 15 is 0 Å². The molecule has 0 fully saturated rings. The minimum Gasteiger partial charge on any atom is -0.365 e. The second-order valence-electron chi connectivity index (χ2n) is 6.72. The lowest BCUT2D eigenvalue weighted by Gasteiger charge is -2.13. The first-order valence-electron chi connectivity index (χ1n) is 8.76. The normalized spacial score (nSPS) is 11.3. The molecule has 0 aliphatic carbocycles. The molecule has 0 spiro atoms. The fraction of sp³-hybridized carbons (Fsp3) is 0.389. The molecule has 0 aliphatic rings. The number of primary amides is 1. The Labute approximate surface area is 156 Å². The number of carbonyl (C=O) groups is 2. The van der Waals surface area contributed by atoms with E-state index in [0.717, 1.165) is 17.0 Å². The fourth-order valence-corrected chi connectivity index (χ4v) is 3.12. The lowest BCUT2D eigenvalue weighted by Crippen LogP contribution is -2.18. The number of nitrogens with two attached hydrogens (primary N) is 1. The van der Waals surface area contributed by atoms with E-state index in [4.69, 9.17) is 5.73 Å². The van der Waals surface area contributed by atoms with Gasteiger partial charge >= 0.3 is 0 Å². The van der Waals surface area contributed by atoms with Crippen molar-refractivity contribution in [2.75, 3.05) is 5.32 Å². The molecular formula is C18H23N7O2. The van der Waals surface area contributed by atoms with Crippen molar-refractivity contribution in [2.45, 2.75) is 46.6 Å². The van der Waals surface area contributed by atoms with E-state index in [1.54, 1.807) is 21.5 Å². The lowest BCUT2D eigenvalue weighted by molar-refractivity contribution is -0.116. The average molecular weight is 369 g/mol. The van der Waals surface area contributed by atoms with E-state index in [1.165, 1.54) is 6.20 Å². The van der Waals surface area contributed by atoms with Gasteiger partial charge in [-0.15, -0.1) is 0 Å². The van der Waals surface area contributed by atoms with Crippen molar-refractivity contribution in [1.82, 2.24) is 24.4 Å². The molecule has 0 aliphatic heterocycles. The number of rotatable bonds is 6. The predicted octanol–water partition coefficient (Wildman–Crippen LogP) is 1.79. The third-order valence-electron chi connectivity index (χ3n) is 4.50. The molecule has 0 saturated carbocycles. The van der Waals surface area contributed by atoms with Gasteiger partial charge in [0.25, 0.3) is 5.91 Å². The highest BCUT2D eigenvalue weighted by Gasteiger charge is 2.17. The molecule has 9 nitrogen and oxygen atoms in total. The summed E-state index contributed by atoms with van der Waals surface area (Å²) in [5.74, 6) is 0.00924. The van der Waals surface area contributed by atoms with Gasteiger partial charge in [0.05, 0.1) is 12.4 Å². The monoisotopic (exact) mass is 369 g/mol. The Kier molecular flexibility index (Phi) is 4.93. The van der Waals surface area contributed by atoms with E-state index in [2.05, 4.69) is 20.5 Å². The van der Waals surface area contributed by atoms with Crippen molar-refractivity contribution in [1.29, 1.82) is 0 Å². The maximum Gasteiger partial charge on any atom is 0.254 e. The zero-order valence-corrected chi connectivity index (χ0v) is 15.9. The van der Waals surface area contributed by atoms with Crippen LogP contribution >= 0.6 is 0 Å². The molecule has 2 amide bonds. The van der Waals surface area contributed by atoms with Gasteiger partial charge < -0.3 is 11.1 Å². The summed E-state index contributed by atoms with van der Waals surface area (Å²) >= 11 is 0. The maximum absolute atomic E-state index is 12.4. The molecule has 0 bridgehead atoms. The van der Waals surface area contributed by atoms with E-state index in [0.29, 0.717) is 24.3 Å². The van der Waals surface area contributed by atoms with Crippen LogP contribution in [0.1, 0.15) is 53.6 Å². The van der Waals surface area contributed by atoms with Gasteiger partial charge in [-0.25, -0.2) is 14.2 Å². The van der Waals surface area contributed by atoms with Gasteiger partial charge in [0.1, 0.15) is 11.4 Å². The summed E-state index contributed by atoms with van der Waals surface area (Å²) in [6.45, 7) is 7.74. The van der Waals surface area contributed by atoms with Crippen LogP contribution < -0.4 is 11.1 Å². The minimum absolute atomic E-state index is 0.102. The summed E-state index contributed by atoms with van der Waals surface area (Å²) in [6, 6.07) is 1.93. The standard InChI is InChI=1S/C18H23N7O2/c1-10(2)24-15(7-8-20-24)23-16(26)6-5-13-11(3)22-18-14(17(19)27)9-21-25(18)12(13)4/h7-10H,5-6H2,1-4H3,(H2,19,27)(H,23,26). The molecule has 9 heteroatoms. The third-order valence-corrected chi connectivity index (χ3v) is 4.50. The summed E-state index contributed by atoms with van der Waals surface area (Å²) in [4.78, 5) is 28.3. The highest BCUT2D eigenvalue weighted by atomic mass is 16.2. The number of amides is 2. The molecule has 142 valence electrons. The van der Waals surface area contributed by atoms with Gasteiger partial charge in [-0.3, -0.25) is 9.59 Å². The van der Waals surface area contributed by atoms with Crippen molar-refractivity contribution in [3.63, 3.8) is 0 Å². The molecule has 3 aromatic rings. The Hall–Kier alpha value is -3.23. The average Bonchev–Trinajstić information content (AvgIpc) is 3.21. The summed E-state index contributed by atoms with van der Waals surface area (Å²) in [5.41, 5.74) is 8.60. The van der Waals surface area contributed by atoms with Crippen LogP contribution in [0.3, 0.4) is 0 Å². The molecule has 3 heterocycles. The van der Waals surface area contributed by atoms with E-state index in [-0.39, 0.29) is 17.5 Å². The van der Waals surface area contributed by atoms with Crippen LogP contribution in [0, 0.1) is 13.8 Å². The topological polar surface area (TPSA) is 120 Å². The summed E-state index contributed by atoms with van der Waals surface area (Å²) in [6.07, 6.45) is 3.88. The van der Waals surface area contributed by atoms with Crippen LogP contribution in [-0.2, 0) is 11.2 Å². The maximum atomic E-state index is 12.4. The van der Waals surface area contributed by atoms with E-state index in [1.807, 2.05) is 27.7 Å². The molecule has 0 saturated heterocycles. The van der Waals surface area contributed by atoms with Gasteiger partial charge in [-0.2, -0.15) is 10.2 Å². The van der Waals surface area contributed by atoms with Gasteiger partial charge in [0, 0.05) is 29.9 Å². The number of anilines is 1. The van der Waals surface area contributed by atoms with Crippen LogP contribution in [0.4, 0.5) is 5.82 Å². The number of hydrogen-bond acceptors (Lipinski definition) is 5. The minimum atomic E-state index is -0.565. The first-order valence-corrected chi connectivity index (χ1v) is 8.76. The summed E-state index contributed by atoms with van der Waals surface area (Å²) in [7, 11) is 0. The summed E-state index contributed by atoms with van der Waals surface area (Å²) in [5, 5.41) is 11.3. The van der Waals surface area contributed by atoms with Crippen LogP contribution in [0.2, 0.25) is 0 Å². The molecule has 0 radical (unpaired) electrons. The zero-order chi connectivity index (χ0) is 19.7. The van der Waals surface area contributed by atoms with Crippen LogP contribution in [0.15, 0.2) is 18.5 Å². The predicted molar refractivity (Wildman–Crippen MR) is 101 cm³/mol. The molecule has 3 aromatic heterocycles. The van der Waals surface area contributed by atoms with Gasteiger partial charge in [-0.1, -0.05) is 0 Å². The second-order valence-corrected chi connectivity index (χ2v) is 6.72. The SMILES string of the molecule is Cc1nc2c(C(N)=O)cnn2c(C)c1CCC(=O)Nc1ccnn1C(C)C. The van der Waals surface area contributed by atoms with Crippen molar-refractivity contribution >= 4 is 23.3 Å². The molecule has 3 N–H and O–H groups in total. The number of carbonyl (C=O) groups excluding carboxylic acids is 2. The van der Waals surface area contributed by atoms with Crippen molar-refractivity contribution in [3.8, 4) is 0 Å². The highest BCUT2D eigenvalue weighted by molar-refractivity contribution is 5.98. The Morgan fingerprint density at radius 3 is 2.67 bits per heavy atom. The molecule has 0 atom stereocenters. The Balaban J connectivity index is 1.78. The number of nitrogens with zero attached hydrogens (tertiary/aromatic N) is 5. The van der Waals surface area contributed by atoms with E-state index < -0.39 is 5.91 Å². The second kappa shape index (κ2) is 7.18. The first kappa shape index (κ1) is 18.6. The number of nitrogens with one attached hydrogen (secondary N) is 1. The number of fused-ring (bicyclic) bond motifs is 1. The van der Waals surface area contributed by atoms with Gasteiger partial charge in [0.15, 0.2) is 5.65 Å². The Morgan fingerprint density at radius 2 is 2.00 bits per heavy atom. The number of aryl methyl sites for hydroxylation is 2. The lowest BCUT2D eigenvalue weighted by atomic mass is 10.1. The molecule has 27 heavy (non-hydrogen) atoms. The van der Waals surface area contributed by atoms with Crippen molar-refractivity contribution in [3.05, 3.63) is 41.0 Å². The third kappa shape index (κ3) is 3.53. The van der Waals surface area contributed by atoms with Crippen molar-refractivity contribution < 1.29 is 9.59 Å². The first-order chi connectivity index (χ1) is 12.8. The number of hydrogen-bond donors (Lipinski definition) is 2. The quantitative estimate of drug-likeness (QED) is 0.686. The van der Waals surface area contributed by atoms with Crippen molar-refractivity contribution in [2.24, 2.45) is 5.73 Å². The largest absolute Gasteiger partial charge is 0.365 e. The molecule has 3 rings (SSSR count). The zero-order valence-electron chi connectivity index (χ0n) is 15.9.